The lowest BCUT2D eigenvalue weighted by molar-refractivity contribution is 0.0636. The second kappa shape index (κ2) is 7.00. The highest BCUT2D eigenvalue weighted by Gasteiger charge is 2.17. The second-order valence-corrected chi connectivity index (χ2v) is 6.03. The van der Waals surface area contributed by atoms with Crippen LogP contribution in [-0.4, -0.2) is 21.8 Å². The molecule has 0 bridgehead atoms. The van der Waals surface area contributed by atoms with Crippen molar-refractivity contribution < 1.29 is 14.6 Å². The molecule has 1 heterocycles. The first kappa shape index (κ1) is 16.6. The van der Waals surface area contributed by atoms with Gasteiger partial charge in [-0.15, -0.1) is 0 Å². The third kappa shape index (κ3) is 5.50. The van der Waals surface area contributed by atoms with Crippen LogP contribution in [0.1, 0.15) is 26.5 Å². The van der Waals surface area contributed by atoms with Crippen LogP contribution in [-0.2, 0) is 11.3 Å². The van der Waals surface area contributed by atoms with Crippen molar-refractivity contribution in [3.63, 3.8) is 0 Å². The van der Waals surface area contributed by atoms with Crippen LogP contribution in [0.5, 0.6) is 5.75 Å². The SMILES string of the molecule is CC(C)(C)OC(=O)Nc1ccccc1NCc1ccc(O)cn1. The number of nitrogens with zero attached hydrogens (tertiary/aromatic N) is 1. The summed E-state index contributed by atoms with van der Waals surface area (Å²) in [6, 6.07) is 10.6. The molecule has 0 aliphatic carbocycles. The van der Waals surface area contributed by atoms with E-state index in [1.54, 1.807) is 18.2 Å². The standard InChI is InChI=1S/C17H21N3O3/c1-17(2,3)23-16(22)20-15-7-5-4-6-14(15)19-10-12-8-9-13(21)11-18-12/h4-9,11,19,21H,10H2,1-3H3,(H,20,22). The molecule has 0 saturated carbocycles. The van der Waals surface area contributed by atoms with E-state index in [1.807, 2.05) is 39.0 Å². The molecular formula is C17H21N3O3. The fraction of sp³-hybridized carbons (Fsp3) is 0.294. The Bertz CT molecular complexity index is 664. The molecule has 122 valence electrons. The summed E-state index contributed by atoms with van der Waals surface area (Å²) in [4.78, 5) is 16.0. The molecule has 0 saturated heterocycles. The smallest absolute Gasteiger partial charge is 0.412 e. The lowest BCUT2D eigenvalue weighted by atomic mass is 10.2. The van der Waals surface area contributed by atoms with E-state index in [0.29, 0.717) is 12.2 Å². The summed E-state index contributed by atoms with van der Waals surface area (Å²) in [5.41, 5.74) is 1.60. The third-order valence-electron chi connectivity index (χ3n) is 2.83. The first-order chi connectivity index (χ1) is 10.8. The number of carbonyl (C=O) groups is 1. The number of amides is 1. The van der Waals surface area contributed by atoms with Gasteiger partial charge in [-0.1, -0.05) is 12.1 Å². The van der Waals surface area contributed by atoms with Crippen molar-refractivity contribution in [1.82, 2.24) is 4.98 Å². The van der Waals surface area contributed by atoms with Gasteiger partial charge >= 0.3 is 6.09 Å². The van der Waals surface area contributed by atoms with Gasteiger partial charge in [0.1, 0.15) is 11.4 Å². The minimum atomic E-state index is -0.553. The number of nitrogens with one attached hydrogen (secondary N) is 2. The number of ether oxygens (including phenoxy) is 1. The monoisotopic (exact) mass is 315 g/mol. The summed E-state index contributed by atoms with van der Waals surface area (Å²) in [6.45, 7) is 5.90. The first-order valence-electron chi connectivity index (χ1n) is 7.30. The summed E-state index contributed by atoms with van der Waals surface area (Å²) in [5, 5.41) is 15.2. The van der Waals surface area contributed by atoms with Crippen LogP contribution in [0.3, 0.4) is 0 Å². The Morgan fingerprint density at radius 3 is 2.48 bits per heavy atom. The van der Waals surface area contributed by atoms with Crippen molar-refractivity contribution in [2.45, 2.75) is 32.9 Å². The molecule has 0 radical (unpaired) electrons. The van der Waals surface area contributed by atoms with Crippen molar-refractivity contribution >= 4 is 17.5 Å². The molecule has 1 amide bonds. The van der Waals surface area contributed by atoms with Gasteiger partial charge in [-0.3, -0.25) is 10.3 Å². The van der Waals surface area contributed by atoms with E-state index in [2.05, 4.69) is 15.6 Å². The van der Waals surface area contributed by atoms with Crippen LogP contribution in [0.4, 0.5) is 16.2 Å². The molecule has 6 nitrogen and oxygen atoms in total. The van der Waals surface area contributed by atoms with Gasteiger partial charge in [-0.2, -0.15) is 0 Å². The van der Waals surface area contributed by atoms with Gasteiger partial charge in [-0.25, -0.2) is 4.79 Å². The van der Waals surface area contributed by atoms with Crippen molar-refractivity contribution in [2.75, 3.05) is 10.6 Å². The predicted octanol–water partition coefficient (Wildman–Crippen LogP) is 3.75. The zero-order chi connectivity index (χ0) is 16.9. The van der Waals surface area contributed by atoms with E-state index in [9.17, 15) is 9.90 Å². The molecule has 0 aliphatic heterocycles. The number of carbonyl (C=O) groups excluding carboxylic acids is 1. The summed E-state index contributed by atoms with van der Waals surface area (Å²) >= 11 is 0. The van der Waals surface area contributed by atoms with Gasteiger partial charge < -0.3 is 15.2 Å². The molecule has 0 spiro atoms. The lowest BCUT2D eigenvalue weighted by Gasteiger charge is -2.20. The summed E-state index contributed by atoms with van der Waals surface area (Å²) in [7, 11) is 0. The highest BCUT2D eigenvalue weighted by Crippen LogP contribution is 2.22. The molecule has 1 aromatic heterocycles. The van der Waals surface area contributed by atoms with Crippen molar-refractivity contribution in [1.29, 1.82) is 0 Å². The van der Waals surface area contributed by atoms with Gasteiger partial charge in [0.2, 0.25) is 0 Å². The number of hydrogen-bond donors (Lipinski definition) is 3. The van der Waals surface area contributed by atoms with Crippen molar-refractivity contribution in [3.05, 3.63) is 48.3 Å². The minimum Gasteiger partial charge on any atom is -0.506 e. The zero-order valence-electron chi connectivity index (χ0n) is 13.5. The quantitative estimate of drug-likeness (QED) is 0.800. The molecule has 2 aromatic rings. The number of para-hydroxylation sites is 2. The van der Waals surface area contributed by atoms with Crippen molar-refractivity contribution in [3.8, 4) is 5.75 Å². The predicted molar refractivity (Wildman–Crippen MR) is 89.5 cm³/mol. The number of pyridine rings is 1. The number of aromatic hydroxyl groups is 1. The first-order valence-corrected chi connectivity index (χ1v) is 7.30. The average Bonchev–Trinajstić information content (AvgIpc) is 2.46. The maximum Gasteiger partial charge on any atom is 0.412 e. The van der Waals surface area contributed by atoms with Crippen LogP contribution < -0.4 is 10.6 Å². The molecule has 6 heteroatoms. The molecule has 3 N–H and O–H groups in total. The van der Waals surface area contributed by atoms with Gasteiger partial charge in [0.15, 0.2) is 0 Å². The Labute approximate surface area is 135 Å². The zero-order valence-corrected chi connectivity index (χ0v) is 13.5. The Morgan fingerprint density at radius 2 is 1.87 bits per heavy atom. The second-order valence-electron chi connectivity index (χ2n) is 6.03. The van der Waals surface area contributed by atoms with Gasteiger partial charge in [0.05, 0.1) is 29.8 Å². The maximum atomic E-state index is 11.9. The van der Waals surface area contributed by atoms with Crippen LogP contribution in [0.15, 0.2) is 42.6 Å². The number of anilines is 2. The molecule has 0 atom stereocenters. The molecule has 23 heavy (non-hydrogen) atoms. The van der Waals surface area contributed by atoms with E-state index < -0.39 is 11.7 Å². The summed E-state index contributed by atoms with van der Waals surface area (Å²) in [6.07, 6.45) is 0.886. The Hall–Kier alpha value is -2.76. The van der Waals surface area contributed by atoms with Crippen molar-refractivity contribution in [2.24, 2.45) is 0 Å². The normalized spacial score (nSPS) is 10.9. The third-order valence-corrected chi connectivity index (χ3v) is 2.83. The number of benzene rings is 1. The molecule has 0 aliphatic rings. The van der Waals surface area contributed by atoms with Gasteiger partial charge in [-0.05, 0) is 45.0 Å². The van der Waals surface area contributed by atoms with E-state index in [0.717, 1.165) is 11.4 Å². The summed E-state index contributed by atoms with van der Waals surface area (Å²) < 4.78 is 5.25. The summed E-state index contributed by atoms with van der Waals surface area (Å²) in [5.74, 6) is 0.126. The molecule has 0 fully saturated rings. The number of rotatable bonds is 4. The molecule has 1 aromatic carbocycles. The van der Waals surface area contributed by atoms with Crippen LogP contribution in [0.25, 0.3) is 0 Å². The van der Waals surface area contributed by atoms with Crippen LogP contribution >= 0.6 is 0 Å². The fourth-order valence-corrected chi connectivity index (χ4v) is 1.87. The van der Waals surface area contributed by atoms with E-state index in [4.69, 9.17) is 4.74 Å². The number of aromatic nitrogens is 1. The molecule has 2 rings (SSSR count). The molecule has 0 unspecified atom stereocenters. The minimum absolute atomic E-state index is 0.126. The topological polar surface area (TPSA) is 83.5 Å². The fourth-order valence-electron chi connectivity index (χ4n) is 1.87. The highest BCUT2D eigenvalue weighted by atomic mass is 16.6. The van der Waals surface area contributed by atoms with Crippen LogP contribution in [0.2, 0.25) is 0 Å². The molecular weight excluding hydrogens is 294 g/mol. The highest BCUT2D eigenvalue weighted by molar-refractivity contribution is 5.89. The lowest BCUT2D eigenvalue weighted by Crippen LogP contribution is -2.27. The largest absolute Gasteiger partial charge is 0.506 e. The van der Waals surface area contributed by atoms with Gasteiger partial charge in [0, 0.05) is 0 Å². The Kier molecular flexibility index (Phi) is 5.05. The van der Waals surface area contributed by atoms with E-state index in [1.165, 1.54) is 6.20 Å². The van der Waals surface area contributed by atoms with Gasteiger partial charge in [0.25, 0.3) is 0 Å². The average molecular weight is 315 g/mol. The number of hydrogen-bond acceptors (Lipinski definition) is 5. The Morgan fingerprint density at radius 1 is 1.17 bits per heavy atom. The van der Waals surface area contributed by atoms with E-state index >= 15 is 0 Å². The van der Waals surface area contributed by atoms with E-state index in [-0.39, 0.29) is 5.75 Å². The maximum absolute atomic E-state index is 11.9. The Balaban J connectivity index is 2.02. The van der Waals surface area contributed by atoms with Crippen LogP contribution in [0, 0.1) is 0 Å².